The molecule has 15 heteroatoms. The summed E-state index contributed by atoms with van der Waals surface area (Å²) in [6.45, 7) is -0.114. The third-order valence-electron chi connectivity index (χ3n) is 3.02. The van der Waals surface area contributed by atoms with Crippen molar-refractivity contribution in [1.29, 1.82) is 0 Å². The first-order valence-electron chi connectivity index (χ1n) is 6.15. The number of nitrogens with zero attached hydrogens (tertiary/aromatic N) is 1. The molecule has 1 saturated heterocycles. The number of halogens is 6. The molecular weight excluding hydrogens is 396 g/mol. The van der Waals surface area contributed by atoms with Gasteiger partial charge in [-0.25, -0.2) is 8.42 Å². The largest absolute Gasteiger partial charge is 0.513 e. The zero-order valence-corrected chi connectivity index (χ0v) is 14.0. The Labute approximate surface area is 135 Å². The minimum Gasteiger partial charge on any atom is -0.348 e. The van der Waals surface area contributed by atoms with Crippen molar-refractivity contribution in [2.24, 2.45) is 0 Å². The highest BCUT2D eigenvalue weighted by atomic mass is 32.3. The monoisotopic (exact) mass is 411 g/mol. The highest BCUT2D eigenvalue weighted by molar-refractivity contribution is 8.28. The number of ether oxygens (including phenoxy) is 2. The van der Waals surface area contributed by atoms with Gasteiger partial charge in [-0.05, 0) is 17.7 Å². The molecule has 1 heterocycles. The number of rotatable bonds is 6. The zero-order valence-electron chi connectivity index (χ0n) is 12.3. The van der Waals surface area contributed by atoms with Crippen LogP contribution < -0.4 is 0 Å². The maximum Gasteiger partial charge on any atom is 0.513 e. The summed E-state index contributed by atoms with van der Waals surface area (Å²) < 4.78 is 122. The molecule has 7 nitrogen and oxygen atoms in total. The third kappa shape index (κ3) is 4.08. The highest BCUT2D eigenvalue weighted by Crippen LogP contribution is 2.64. The molecular formula is C9H15F6NO6S2. The molecule has 1 aliphatic heterocycles. The van der Waals surface area contributed by atoms with Crippen LogP contribution >= 0.6 is 10.8 Å². The van der Waals surface area contributed by atoms with Gasteiger partial charge in [0.05, 0.1) is 20.3 Å². The van der Waals surface area contributed by atoms with Gasteiger partial charge in [0.15, 0.2) is 5.79 Å². The van der Waals surface area contributed by atoms with E-state index in [-0.39, 0.29) is 20.3 Å². The van der Waals surface area contributed by atoms with Gasteiger partial charge in [-0.3, -0.25) is 8.74 Å². The van der Waals surface area contributed by atoms with Crippen LogP contribution in [-0.4, -0.2) is 60.4 Å². The van der Waals surface area contributed by atoms with Crippen LogP contribution in [0.5, 0.6) is 0 Å². The van der Waals surface area contributed by atoms with Crippen LogP contribution in [0.1, 0.15) is 13.3 Å². The van der Waals surface area contributed by atoms with Gasteiger partial charge in [0, 0.05) is 13.0 Å². The summed E-state index contributed by atoms with van der Waals surface area (Å²) in [4.78, 5) is 0. The average molecular weight is 411 g/mol. The van der Waals surface area contributed by atoms with Gasteiger partial charge in [0.1, 0.15) is 0 Å². The first kappa shape index (κ1) is 21.7. The highest BCUT2D eigenvalue weighted by Gasteiger charge is 2.62. The minimum absolute atomic E-state index is 0.0309. The zero-order chi connectivity index (χ0) is 19.0. The van der Waals surface area contributed by atoms with E-state index >= 15 is 0 Å². The van der Waals surface area contributed by atoms with E-state index in [1.165, 1.54) is 6.92 Å². The van der Waals surface area contributed by atoms with Crippen molar-refractivity contribution in [3.05, 3.63) is 0 Å². The van der Waals surface area contributed by atoms with Crippen molar-refractivity contribution in [2.75, 3.05) is 26.9 Å². The van der Waals surface area contributed by atoms with E-state index in [1.807, 2.05) is 0 Å². The van der Waals surface area contributed by atoms with Gasteiger partial charge in [-0.2, -0.15) is 26.3 Å². The molecule has 24 heavy (non-hydrogen) atoms. The summed E-state index contributed by atoms with van der Waals surface area (Å²) in [5.41, 5.74) is -11.9. The van der Waals surface area contributed by atoms with Crippen molar-refractivity contribution in [3.8, 4) is 0 Å². The molecule has 1 rings (SSSR count). The van der Waals surface area contributed by atoms with E-state index in [9.17, 15) is 39.3 Å². The van der Waals surface area contributed by atoms with E-state index in [0.717, 1.165) is 0 Å². The summed E-state index contributed by atoms with van der Waals surface area (Å²) in [7, 11) is -12.1. The molecule has 0 radical (unpaired) electrons. The number of hydrogen-bond donors (Lipinski definition) is 1. The van der Waals surface area contributed by atoms with Crippen LogP contribution in [0.4, 0.5) is 26.3 Å². The molecule has 0 saturated carbocycles. The Bertz CT molecular complexity index is 546. The third-order valence-corrected chi connectivity index (χ3v) is 7.32. The Kier molecular flexibility index (Phi) is 6.13. The normalized spacial score (nSPS) is 23.2. The molecule has 0 aliphatic carbocycles. The molecule has 1 aliphatic rings. The van der Waals surface area contributed by atoms with Gasteiger partial charge < -0.3 is 9.47 Å². The maximum absolute atomic E-state index is 13.0. The second kappa shape index (κ2) is 6.77. The van der Waals surface area contributed by atoms with Crippen LogP contribution in [0.2, 0.25) is 0 Å². The molecule has 1 atom stereocenters. The standard InChI is InChI=1S/C9H15F6NO6S2/c1-7(21-5-6-22-7)3-4-16(23(17,18)8(10,11)12)24(19,20-2)9(13,14)15/h19H,3-6H2,1-2H3. The molecule has 0 amide bonds. The first-order chi connectivity index (χ1) is 10.6. The number of alkyl halides is 6. The predicted molar refractivity (Wildman–Crippen MR) is 69.9 cm³/mol. The van der Waals surface area contributed by atoms with E-state index in [1.54, 1.807) is 0 Å². The summed E-state index contributed by atoms with van der Waals surface area (Å²) in [6, 6.07) is 0. The van der Waals surface area contributed by atoms with Crippen LogP contribution in [-0.2, 0) is 23.7 Å². The van der Waals surface area contributed by atoms with Crippen molar-refractivity contribution in [1.82, 2.24) is 3.71 Å². The first-order valence-corrected chi connectivity index (χ1v) is 9.07. The lowest BCUT2D eigenvalue weighted by atomic mass is 10.2. The summed E-state index contributed by atoms with van der Waals surface area (Å²) >= 11 is 0. The smallest absolute Gasteiger partial charge is 0.348 e. The molecule has 0 bridgehead atoms. The molecule has 146 valence electrons. The lowest BCUT2D eigenvalue weighted by molar-refractivity contribution is -0.147. The van der Waals surface area contributed by atoms with Gasteiger partial charge in [-0.1, -0.05) is 3.71 Å². The van der Waals surface area contributed by atoms with Crippen molar-refractivity contribution in [3.63, 3.8) is 0 Å². The van der Waals surface area contributed by atoms with Crippen molar-refractivity contribution < 1.29 is 53.0 Å². The van der Waals surface area contributed by atoms with Gasteiger partial charge in [0.25, 0.3) is 0 Å². The van der Waals surface area contributed by atoms with E-state index in [0.29, 0.717) is 0 Å². The van der Waals surface area contributed by atoms with Gasteiger partial charge in [-0.15, -0.1) is 0 Å². The van der Waals surface area contributed by atoms with Gasteiger partial charge in [0.2, 0.25) is 0 Å². The van der Waals surface area contributed by atoms with Crippen LogP contribution in [0.25, 0.3) is 0 Å². The van der Waals surface area contributed by atoms with Crippen LogP contribution in [0.3, 0.4) is 0 Å². The summed E-state index contributed by atoms with van der Waals surface area (Å²) in [5.74, 6) is -1.58. The topological polar surface area (TPSA) is 85.3 Å². The second-order valence-electron chi connectivity index (χ2n) is 4.67. The Morgan fingerprint density at radius 1 is 1.12 bits per heavy atom. The lowest BCUT2D eigenvalue weighted by Crippen LogP contribution is -2.48. The summed E-state index contributed by atoms with van der Waals surface area (Å²) in [5, 5.41) is 0. The summed E-state index contributed by atoms with van der Waals surface area (Å²) in [6.07, 6.45) is -0.697. The molecule has 0 aromatic rings. The lowest BCUT2D eigenvalue weighted by Gasteiger charge is -2.45. The molecule has 0 spiro atoms. The molecule has 1 fully saturated rings. The average Bonchev–Trinajstić information content (AvgIpc) is 2.82. The number of hydrogen-bond acceptors (Lipinski definition) is 6. The van der Waals surface area contributed by atoms with Crippen molar-refractivity contribution in [2.45, 2.75) is 30.1 Å². The van der Waals surface area contributed by atoms with Gasteiger partial charge >= 0.3 is 21.0 Å². The predicted octanol–water partition coefficient (Wildman–Crippen LogP) is 2.56. The molecule has 1 N–H and O–H groups in total. The Morgan fingerprint density at radius 2 is 1.58 bits per heavy atom. The van der Waals surface area contributed by atoms with E-state index < -0.39 is 54.3 Å². The Balaban J connectivity index is 3.27. The van der Waals surface area contributed by atoms with Crippen LogP contribution in [0, 0.1) is 0 Å². The number of sulfonamides is 1. The SMILES string of the molecule is COS(O)(N(CCC1(C)OCCO1)S(=O)(=O)C(F)(F)F)C(F)(F)F. The fraction of sp³-hybridized carbons (Fsp3) is 1.00. The van der Waals surface area contributed by atoms with E-state index in [2.05, 4.69) is 4.18 Å². The van der Waals surface area contributed by atoms with Crippen molar-refractivity contribution >= 4 is 20.8 Å². The minimum atomic E-state index is -6.55. The second-order valence-corrected chi connectivity index (χ2v) is 8.98. The fourth-order valence-corrected chi connectivity index (χ4v) is 5.02. The molecule has 1 unspecified atom stereocenters. The quantitative estimate of drug-likeness (QED) is 0.677. The molecule has 0 aromatic heterocycles. The fourth-order valence-electron chi connectivity index (χ4n) is 1.78. The molecule has 0 aromatic carbocycles. The Morgan fingerprint density at radius 3 is 1.92 bits per heavy atom. The maximum atomic E-state index is 13.0. The Hall–Kier alpha value is -0.320. The van der Waals surface area contributed by atoms with Crippen LogP contribution in [0.15, 0.2) is 0 Å². The van der Waals surface area contributed by atoms with E-state index in [4.69, 9.17) is 9.47 Å².